The number of fused-ring (bicyclic) bond motifs is 1. The molecule has 0 saturated heterocycles. The molecular formula is C15H14N2S. The van der Waals surface area contributed by atoms with Crippen LogP contribution in [0.25, 0.3) is 21.3 Å². The Bertz CT molecular complexity index is 668. The van der Waals surface area contributed by atoms with E-state index >= 15 is 0 Å². The van der Waals surface area contributed by atoms with Crippen molar-refractivity contribution in [1.82, 2.24) is 4.98 Å². The largest absolute Gasteiger partial charge is 0.324 e. The van der Waals surface area contributed by atoms with Crippen molar-refractivity contribution in [2.75, 3.05) is 0 Å². The van der Waals surface area contributed by atoms with Crippen LogP contribution in [0.2, 0.25) is 0 Å². The van der Waals surface area contributed by atoms with Gasteiger partial charge in [-0.15, -0.1) is 11.3 Å². The van der Waals surface area contributed by atoms with Gasteiger partial charge in [0, 0.05) is 6.04 Å². The van der Waals surface area contributed by atoms with Crippen LogP contribution in [-0.4, -0.2) is 4.98 Å². The van der Waals surface area contributed by atoms with Crippen LogP contribution in [0.5, 0.6) is 0 Å². The summed E-state index contributed by atoms with van der Waals surface area (Å²) in [6, 6.07) is 14.9. The molecule has 3 heteroatoms. The van der Waals surface area contributed by atoms with E-state index in [0.717, 1.165) is 11.1 Å². The molecule has 2 nitrogen and oxygen atoms in total. The predicted octanol–water partition coefficient (Wildman–Crippen LogP) is 3.98. The number of nitrogens with two attached hydrogens (primary N) is 1. The van der Waals surface area contributed by atoms with Crippen LogP contribution < -0.4 is 5.73 Å². The van der Waals surface area contributed by atoms with Gasteiger partial charge in [0.05, 0.1) is 15.7 Å². The van der Waals surface area contributed by atoms with Crippen LogP contribution in [-0.2, 0) is 0 Å². The first-order valence-electron chi connectivity index (χ1n) is 5.93. The summed E-state index contributed by atoms with van der Waals surface area (Å²) in [5.74, 6) is 0. The Hall–Kier alpha value is -1.71. The lowest BCUT2D eigenvalue weighted by Crippen LogP contribution is -2.04. The number of benzene rings is 2. The summed E-state index contributed by atoms with van der Waals surface area (Å²) in [4.78, 5) is 4.29. The molecule has 2 N–H and O–H groups in total. The summed E-state index contributed by atoms with van der Waals surface area (Å²) in [7, 11) is 0. The molecule has 3 rings (SSSR count). The Morgan fingerprint density at radius 3 is 2.50 bits per heavy atom. The van der Waals surface area contributed by atoms with Gasteiger partial charge < -0.3 is 5.73 Å². The fourth-order valence-corrected chi connectivity index (χ4v) is 2.73. The number of nitrogens with zero attached hydrogens (tertiary/aromatic N) is 1. The molecule has 1 atom stereocenters. The van der Waals surface area contributed by atoms with Gasteiger partial charge in [-0.25, -0.2) is 4.98 Å². The third-order valence-corrected chi connectivity index (χ3v) is 3.89. The summed E-state index contributed by atoms with van der Waals surface area (Å²) in [6.07, 6.45) is 0. The summed E-state index contributed by atoms with van der Waals surface area (Å²) in [6.45, 7) is 2.00. The molecular weight excluding hydrogens is 240 g/mol. The first kappa shape index (κ1) is 11.4. The van der Waals surface area contributed by atoms with Gasteiger partial charge in [-0.2, -0.15) is 0 Å². The third-order valence-electron chi connectivity index (χ3n) is 3.10. The van der Waals surface area contributed by atoms with Crippen molar-refractivity contribution in [2.24, 2.45) is 5.73 Å². The van der Waals surface area contributed by atoms with Gasteiger partial charge in [-0.1, -0.05) is 30.3 Å². The van der Waals surface area contributed by atoms with Crippen LogP contribution in [0.4, 0.5) is 0 Å². The summed E-state index contributed by atoms with van der Waals surface area (Å²) in [5, 5.41) is 0. The minimum absolute atomic E-state index is 0.0861. The van der Waals surface area contributed by atoms with Crippen LogP contribution in [0.15, 0.2) is 48.0 Å². The Kier molecular flexibility index (Phi) is 2.86. The SMILES string of the molecule is C[C@@H](N)c1ccc(-c2ccc3ncsc3c2)cc1. The van der Waals surface area contributed by atoms with Crippen molar-refractivity contribution in [3.05, 3.63) is 53.5 Å². The van der Waals surface area contributed by atoms with E-state index in [1.54, 1.807) is 11.3 Å². The highest BCUT2D eigenvalue weighted by atomic mass is 32.1. The van der Waals surface area contributed by atoms with Gasteiger partial charge in [-0.05, 0) is 35.7 Å². The molecule has 0 aliphatic heterocycles. The molecule has 0 fully saturated rings. The molecule has 0 aliphatic rings. The molecule has 3 aromatic rings. The van der Waals surface area contributed by atoms with E-state index in [0.29, 0.717) is 0 Å². The highest BCUT2D eigenvalue weighted by molar-refractivity contribution is 7.16. The summed E-state index contributed by atoms with van der Waals surface area (Å²) < 4.78 is 1.23. The zero-order valence-corrected chi connectivity index (χ0v) is 10.9. The third kappa shape index (κ3) is 2.03. The molecule has 2 aromatic carbocycles. The highest BCUT2D eigenvalue weighted by Crippen LogP contribution is 2.26. The van der Waals surface area contributed by atoms with Crippen LogP contribution >= 0.6 is 11.3 Å². The molecule has 0 radical (unpaired) electrons. The topological polar surface area (TPSA) is 38.9 Å². The second-order valence-corrected chi connectivity index (χ2v) is 5.33. The number of hydrogen-bond acceptors (Lipinski definition) is 3. The van der Waals surface area contributed by atoms with Gasteiger partial charge in [0.15, 0.2) is 0 Å². The standard InChI is InChI=1S/C15H14N2S/c1-10(16)11-2-4-12(5-3-11)13-6-7-14-15(8-13)18-9-17-14/h2-10H,16H2,1H3/t10-/m1/s1. The Labute approximate surface area is 110 Å². The molecule has 0 bridgehead atoms. The van der Waals surface area contributed by atoms with Crippen molar-refractivity contribution in [1.29, 1.82) is 0 Å². The molecule has 0 spiro atoms. The molecule has 18 heavy (non-hydrogen) atoms. The Morgan fingerprint density at radius 2 is 1.78 bits per heavy atom. The number of rotatable bonds is 2. The lowest BCUT2D eigenvalue weighted by Gasteiger charge is -2.07. The van der Waals surface area contributed by atoms with E-state index in [-0.39, 0.29) is 6.04 Å². The van der Waals surface area contributed by atoms with Gasteiger partial charge in [0.2, 0.25) is 0 Å². The lowest BCUT2D eigenvalue weighted by molar-refractivity contribution is 0.818. The molecule has 0 unspecified atom stereocenters. The monoisotopic (exact) mass is 254 g/mol. The smallest absolute Gasteiger partial charge is 0.0812 e. The minimum Gasteiger partial charge on any atom is -0.324 e. The molecule has 0 saturated carbocycles. The van der Waals surface area contributed by atoms with Crippen molar-refractivity contribution in [3.8, 4) is 11.1 Å². The second-order valence-electron chi connectivity index (χ2n) is 4.45. The normalized spacial score (nSPS) is 12.8. The van der Waals surface area contributed by atoms with Gasteiger partial charge in [0.1, 0.15) is 0 Å². The van der Waals surface area contributed by atoms with E-state index in [9.17, 15) is 0 Å². The fraction of sp³-hybridized carbons (Fsp3) is 0.133. The zero-order valence-electron chi connectivity index (χ0n) is 10.1. The number of hydrogen-bond donors (Lipinski definition) is 1. The zero-order chi connectivity index (χ0) is 12.5. The predicted molar refractivity (Wildman–Crippen MR) is 77.7 cm³/mol. The van der Waals surface area contributed by atoms with Crippen LogP contribution in [0.3, 0.4) is 0 Å². The molecule has 1 heterocycles. The van der Waals surface area contributed by atoms with Gasteiger partial charge in [-0.3, -0.25) is 0 Å². The van der Waals surface area contributed by atoms with Crippen molar-refractivity contribution in [3.63, 3.8) is 0 Å². The van der Waals surface area contributed by atoms with Crippen molar-refractivity contribution < 1.29 is 0 Å². The quantitative estimate of drug-likeness (QED) is 0.751. The highest BCUT2D eigenvalue weighted by Gasteiger charge is 2.03. The maximum atomic E-state index is 5.86. The average Bonchev–Trinajstić information content (AvgIpc) is 2.86. The Morgan fingerprint density at radius 1 is 1.06 bits per heavy atom. The number of aromatic nitrogens is 1. The molecule has 1 aromatic heterocycles. The summed E-state index contributed by atoms with van der Waals surface area (Å²) >= 11 is 1.67. The van der Waals surface area contributed by atoms with Crippen molar-refractivity contribution in [2.45, 2.75) is 13.0 Å². The lowest BCUT2D eigenvalue weighted by atomic mass is 10.0. The first-order chi connectivity index (χ1) is 8.74. The maximum absolute atomic E-state index is 5.86. The van der Waals surface area contributed by atoms with Crippen molar-refractivity contribution >= 4 is 21.6 Å². The fourth-order valence-electron chi connectivity index (χ4n) is 2.01. The summed E-state index contributed by atoms with van der Waals surface area (Å²) in [5.41, 5.74) is 12.4. The second kappa shape index (κ2) is 4.52. The molecule has 90 valence electrons. The van der Waals surface area contributed by atoms with E-state index in [2.05, 4.69) is 47.4 Å². The van der Waals surface area contributed by atoms with Crippen LogP contribution in [0.1, 0.15) is 18.5 Å². The van der Waals surface area contributed by atoms with E-state index < -0.39 is 0 Å². The van der Waals surface area contributed by atoms with E-state index in [4.69, 9.17) is 5.73 Å². The maximum Gasteiger partial charge on any atom is 0.0812 e. The minimum atomic E-state index is 0.0861. The average molecular weight is 254 g/mol. The van der Waals surface area contributed by atoms with Gasteiger partial charge >= 0.3 is 0 Å². The van der Waals surface area contributed by atoms with Gasteiger partial charge in [0.25, 0.3) is 0 Å². The first-order valence-corrected chi connectivity index (χ1v) is 6.81. The number of thiazole rings is 1. The van der Waals surface area contributed by atoms with E-state index in [1.807, 2.05) is 12.4 Å². The molecule has 0 aliphatic carbocycles. The van der Waals surface area contributed by atoms with E-state index in [1.165, 1.54) is 15.8 Å². The van der Waals surface area contributed by atoms with Crippen LogP contribution in [0, 0.1) is 0 Å². The Balaban J connectivity index is 2.02. The molecule has 0 amide bonds.